The molecule has 1 aliphatic rings. The summed E-state index contributed by atoms with van der Waals surface area (Å²) in [6.07, 6.45) is 4.01. The van der Waals surface area contributed by atoms with Crippen molar-refractivity contribution >= 4 is 16.9 Å². The highest BCUT2D eigenvalue weighted by atomic mass is 16.2. The molecule has 0 bridgehead atoms. The van der Waals surface area contributed by atoms with Gasteiger partial charge in [0.2, 0.25) is 5.91 Å². The number of hydrogen-bond acceptors (Lipinski definition) is 2. The van der Waals surface area contributed by atoms with Crippen LogP contribution >= 0.6 is 0 Å². The van der Waals surface area contributed by atoms with E-state index in [2.05, 4.69) is 24.8 Å². The Bertz CT molecular complexity index is 1110. The molecule has 0 N–H and O–H groups in total. The average molecular weight is 389 g/mol. The lowest BCUT2D eigenvalue weighted by molar-refractivity contribution is -0.133. The van der Waals surface area contributed by atoms with Gasteiger partial charge in [0, 0.05) is 26.1 Å². The fourth-order valence-corrected chi connectivity index (χ4v) is 4.55. The number of imidazole rings is 1. The van der Waals surface area contributed by atoms with Crippen molar-refractivity contribution in [1.29, 1.82) is 0 Å². The number of fused-ring (bicyclic) bond motifs is 2. The standard InChI is InChI=1S/C24H27N3O2/c1-3-16-26(20-14-13-18-9-5-6-10-19(18)20)23(28)15-17-27-22-12-8-7-11-21(22)25(4-2)24(27)29/h3,5-12,20H,1,4,13-17H2,2H3/t20-/m1/s1. The van der Waals surface area contributed by atoms with E-state index in [-0.39, 0.29) is 17.6 Å². The molecule has 4 rings (SSSR count). The Morgan fingerprint density at radius 1 is 1.14 bits per heavy atom. The molecule has 0 unspecified atom stereocenters. The molecular weight excluding hydrogens is 362 g/mol. The quantitative estimate of drug-likeness (QED) is 0.575. The Balaban J connectivity index is 1.57. The second kappa shape index (κ2) is 8.11. The number of nitrogens with zero attached hydrogens (tertiary/aromatic N) is 3. The second-order valence-corrected chi connectivity index (χ2v) is 7.51. The van der Waals surface area contributed by atoms with Crippen LogP contribution in [0.1, 0.15) is 36.9 Å². The summed E-state index contributed by atoms with van der Waals surface area (Å²) in [5, 5.41) is 0. The number of hydrogen-bond donors (Lipinski definition) is 0. The van der Waals surface area contributed by atoms with Gasteiger partial charge in [-0.2, -0.15) is 0 Å². The van der Waals surface area contributed by atoms with Crippen LogP contribution in [0.15, 0.2) is 66.0 Å². The van der Waals surface area contributed by atoms with E-state index in [1.807, 2.05) is 42.2 Å². The average Bonchev–Trinajstić information content (AvgIpc) is 3.28. The number of carbonyl (C=O) groups excluding carboxylic acids is 1. The summed E-state index contributed by atoms with van der Waals surface area (Å²) >= 11 is 0. The third-order valence-electron chi connectivity index (χ3n) is 5.91. The summed E-state index contributed by atoms with van der Waals surface area (Å²) in [6.45, 7) is 7.32. The van der Waals surface area contributed by atoms with Gasteiger partial charge in [-0.15, -0.1) is 6.58 Å². The van der Waals surface area contributed by atoms with Crippen LogP contribution in [-0.2, 0) is 24.3 Å². The number of aryl methyl sites for hydroxylation is 3. The van der Waals surface area contributed by atoms with E-state index in [9.17, 15) is 9.59 Å². The molecule has 29 heavy (non-hydrogen) atoms. The van der Waals surface area contributed by atoms with Crippen molar-refractivity contribution < 1.29 is 4.79 Å². The van der Waals surface area contributed by atoms with Gasteiger partial charge in [0.15, 0.2) is 0 Å². The Morgan fingerprint density at radius 2 is 1.83 bits per heavy atom. The maximum absolute atomic E-state index is 13.2. The smallest absolute Gasteiger partial charge is 0.329 e. The molecule has 2 aromatic carbocycles. The number of aromatic nitrogens is 2. The van der Waals surface area contributed by atoms with Crippen LogP contribution in [0, 0.1) is 0 Å². The third kappa shape index (κ3) is 3.41. The minimum absolute atomic E-state index is 0.0528. The number of benzene rings is 2. The zero-order chi connectivity index (χ0) is 20.4. The summed E-state index contributed by atoms with van der Waals surface area (Å²) in [6, 6.07) is 16.2. The Morgan fingerprint density at radius 3 is 2.55 bits per heavy atom. The molecule has 150 valence electrons. The molecule has 0 saturated carbocycles. The van der Waals surface area contributed by atoms with Gasteiger partial charge in [0.1, 0.15) is 0 Å². The lowest BCUT2D eigenvalue weighted by Gasteiger charge is -2.29. The third-order valence-corrected chi connectivity index (χ3v) is 5.91. The zero-order valence-corrected chi connectivity index (χ0v) is 16.9. The minimum Gasteiger partial charge on any atom is -0.332 e. The van der Waals surface area contributed by atoms with Gasteiger partial charge in [-0.25, -0.2) is 4.79 Å². The van der Waals surface area contributed by atoms with Crippen LogP contribution in [0.2, 0.25) is 0 Å². The highest BCUT2D eigenvalue weighted by Crippen LogP contribution is 2.35. The van der Waals surface area contributed by atoms with Crippen LogP contribution in [0.3, 0.4) is 0 Å². The fraction of sp³-hybridized carbons (Fsp3) is 0.333. The Labute approximate surface area is 170 Å². The molecule has 0 saturated heterocycles. The van der Waals surface area contributed by atoms with Crippen molar-refractivity contribution in [3.05, 3.63) is 82.8 Å². The summed E-state index contributed by atoms with van der Waals surface area (Å²) in [7, 11) is 0. The lowest BCUT2D eigenvalue weighted by Crippen LogP contribution is -2.35. The van der Waals surface area contributed by atoms with Gasteiger partial charge in [-0.1, -0.05) is 42.5 Å². The van der Waals surface area contributed by atoms with Crippen molar-refractivity contribution in [2.75, 3.05) is 6.54 Å². The van der Waals surface area contributed by atoms with Crippen molar-refractivity contribution in [2.24, 2.45) is 0 Å². The van der Waals surface area contributed by atoms with E-state index in [0.717, 1.165) is 23.9 Å². The van der Waals surface area contributed by atoms with Gasteiger partial charge >= 0.3 is 5.69 Å². The molecule has 1 aliphatic carbocycles. The normalized spacial score (nSPS) is 15.4. The van der Waals surface area contributed by atoms with E-state index >= 15 is 0 Å². The van der Waals surface area contributed by atoms with Gasteiger partial charge in [0.25, 0.3) is 0 Å². The molecule has 0 radical (unpaired) electrons. The summed E-state index contributed by atoms with van der Waals surface area (Å²) in [4.78, 5) is 27.9. The molecule has 0 spiro atoms. The molecule has 0 aliphatic heterocycles. The molecule has 5 heteroatoms. The van der Waals surface area contributed by atoms with Crippen LogP contribution in [0.4, 0.5) is 0 Å². The summed E-state index contributed by atoms with van der Waals surface area (Å²) in [5.41, 5.74) is 4.31. The molecule has 1 heterocycles. The molecule has 3 aromatic rings. The fourth-order valence-electron chi connectivity index (χ4n) is 4.55. The first-order valence-electron chi connectivity index (χ1n) is 10.3. The number of para-hydroxylation sites is 2. The number of amides is 1. The summed E-state index contributed by atoms with van der Waals surface area (Å²) in [5.74, 6) is 0.0619. The summed E-state index contributed by atoms with van der Waals surface area (Å²) < 4.78 is 3.49. The van der Waals surface area contributed by atoms with Crippen LogP contribution in [0.5, 0.6) is 0 Å². The Kier molecular flexibility index (Phi) is 5.38. The van der Waals surface area contributed by atoms with Crippen molar-refractivity contribution in [2.45, 2.75) is 45.3 Å². The topological polar surface area (TPSA) is 47.2 Å². The van der Waals surface area contributed by atoms with Gasteiger partial charge in [0.05, 0.1) is 17.1 Å². The van der Waals surface area contributed by atoms with Gasteiger partial charge in [-0.05, 0) is 43.0 Å². The Hall–Kier alpha value is -3.08. The molecule has 1 atom stereocenters. The molecule has 5 nitrogen and oxygen atoms in total. The van der Waals surface area contributed by atoms with E-state index in [4.69, 9.17) is 0 Å². The number of carbonyl (C=O) groups is 1. The number of rotatable bonds is 7. The second-order valence-electron chi connectivity index (χ2n) is 7.51. The monoisotopic (exact) mass is 389 g/mol. The van der Waals surface area contributed by atoms with Gasteiger partial charge in [-0.3, -0.25) is 13.9 Å². The van der Waals surface area contributed by atoms with E-state index in [1.54, 1.807) is 15.2 Å². The van der Waals surface area contributed by atoms with Gasteiger partial charge < -0.3 is 4.90 Å². The molecule has 1 aromatic heterocycles. The van der Waals surface area contributed by atoms with E-state index in [1.165, 1.54) is 11.1 Å². The largest absolute Gasteiger partial charge is 0.332 e. The molecule has 1 amide bonds. The van der Waals surface area contributed by atoms with E-state index < -0.39 is 0 Å². The maximum Gasteiger partial charge on any atom is 0.329 e. The van der Waals surface area contributed by atoms with Crippen molar-refractivity contribution in [1.82, 2.24) is 14.0 Å². The first-order chi connectivity index (χ1) is 14.2. The highest BCUT2D eigenvalue weighted by molar-refractivity contribution is 5.78. The predicted octanol–water partition coefficient (Wildman–Crippen LogP) is 3.92. The molecular formula is C24H27N3O2. The first kappa shape index (κ1) is 19.2. The van der Waals surface area contributed by atoms with E-state index in [0.29, 0.717) is 26.1 Å². The van der Waals surface area contributed by atoms with Crippen LogP contribution in [0.25, 0.3) is 11.0 Å². The van der Waals surface area contributed by atoms with Crippen molar-refractivity contribution in [3.63, 3.8) is 0 Å². The van der Waals surface area contributed by atoms with Crippen LogP contribution < -0.4 is 5.69 Å². The van der Waals surface area contributed by atoms with Crippen LogP contribution in [-0.4, -0.2) is 26.5 Å². The molecule has 0 fully saturated rings. The minimum atomic E-state index is -0.0528. The zero-order valence-electron chi connectivity index (χ0n) is 16.9. The lowest BCUT2D eigenvalue weighted by atomic mass is 10.1. The first-order valence-corrected chi connectivity index (χ1v) is 10.3. The SMILES string of the molecule is C=CCN(C(=O)CCn1c(=O)n(CC)c2ccccc21)[C@@H]1CCc2ccccc21. The predicted molar refractivity (Wildman–Crippen MR) is 116 cm³/mol. The van der Waals surface area contributed by atoms with Crippen molar-refractivity contribution in [3.8, 4) is 0 Å². The maximum atomic E-state index is 13.2. The highest BCUT2D eigenvalue weighted by Gasteiger charge is 2.30.